The Morgan fingerprint density at radius 3 is 2.69 bits per heavy atom. The molecule has 1 rings (SSSR count). The van der Waals surface area contributed by atoms with E-state index in [9.17, 15) is 0 Å². The average Bonchev–Trinajstić information content (AvgIpc) is 2.35. The highest BCUT2D eigenvalue weighted by molar-refractivity contribution is 5.38. The second-order valence-corrected chi connectivity index (χ2v) is 4.10. The molecule has 0 fully saturated rings. The minimum atomic E-state index is 0.486. The summed E-state index contributed by atoms with van der Waals surface area (Å²) in [5, 5.41) is 0. The summed E-state index contributed by atoms with van der Waals surface area (Å²) in [6.45, 7) is 9.01. The van der Waals surface area contributed by atoms with Crippen molar-refractivity contribution >= 4 is 5.82 Å². The maximum atomic E-state index is 5.65. The Bertz CT molecular complexity index is 314. The Balaban J connectivity index is 2.77. The van der Waals surface area contributed by atoms with Crippen LogP contribution in [0.1, 0.15) is 26.5 Å². The van der Waals surface area contributed by atoms with Gasteiger partial charge in [-0.05, 0) is 25.8 Å². The van der Waals surface area contributed by atoms with Crippen LogP contribution in [0.3, 0.4) is 0 Å². The minimum Gasteiger partial charge on any atom is -0.356 e. The normalized spacial score (nSPS) is 12.5. The average molecular weight is 222 g/mol. The maximum absolute atomic E-state index is 5.65. The monoisotopic (exact) mass is 222 g/mol. The number of hydrogen-bond donors (Lipinski definition) is 1. The molecule has 0 aromatic carbocycles. The molecule has 1 unspecified atom stereocenters. The first kappa shape index (κ1) is 12.9. The lowest BCUT2D eigenvalue weighted by atomic mass is 10.1. The zero-order valence-corrected chi connectivity index (χ0v) is 10.5. The van der Waals surface area contributed by atoms with E-state index in [0.29, 0.717) is 12.5 Å². The van der Waals surface area contributed by atoms with E-state index in [1.807, 2.05) is 0 Å². The molecule has 2 N–H and O–H groups in total. The molecule has 0 bridgehead atoms. The van der Waals surface area contributed by atoms with Crippen LogP contribution in [-0.4, -0.2) is 29.6 Å². The zero-order valence-electron chi connectivity index (χ0n) is 10.5. The fraction of sp³-hybridized carbons (Fsp3) is 0.667. The largest absolute Gasteiger partial charge is 0.356 e. The number of anilines is 1. The zero-order chi connectivity index (χ0) is 12.0. The molecular formula is C12H22N4. The first-order valence-electron chi connectivity index (χ1n) is 5.97. The van der Waals surface area contributed by atoms with Crippen LogP contribution in [0.5, 0.6) is 0 Å². The summed E-state index contributed by atoms with van der Waals surface area (Å²) in [5.74, 6) is 1.50. The molecule has 0 saturated carbocycles. The Labute approximate surface area is 97.9 Å². The summed E-state index contributed by atoms with van der Waals surface area (Å²) < 4.78 is 0. The molecule has 16 heavy (non-hydrogen) atoms. The van der Waals surface area contributed by atoms with Crippen LogP contribution in [0.15, 0.2) is 12.4 Å². The summed E-state index contributed by atoms with van der Waals surface area (Å²) >= 11 is 0. The van der Waals surface area contributed by atoms with Crippen LogP contribution < -0.4 is 10.6 Å². The molecular weight excluding hydrogens is 200 g/mol. The van der Waals surface area contributed by atoms with Crippen molar-refractivity contribution < 1.29 is 0 Å². The summed E-state index contributed by atoms with van der Waals surface area (Å²) in [6, 6.07) is 2.06. The fourth-order valence-corrected chi connectivity index (χ4v) is 1.59. The third-order valence-corrected chi connectivity index (χ3v) is 2.71. The highest BCUT2D eigenvalue weighted by Crippen LogP contribution is 2.12. The Hall–Kier alpha value is -1.16. The van der Waals surface area contributed by atoms with Gasteiger partial charge in [0, 0.05) is 24.8 Å². The van der Waals surface area contributed by atoms with E-state index < -0.39 is 0 Å². The second-order valence-electron chi connectivity index (χ2n) is 4.10. The topological polar surface area (TPSA) is 55.0 Å². The SMILES string of the molecule is CCc1cc(N(CC)CC(C)CN)ncn1. The smallest absolute Gasteiger partial charge is 0.132 e. The number of aromatic nitrogens is 2. The number of aryl methyl sites for hydroxylation is 1. The van der Waals surface area contributed by atoms with Crippen LogP contribution in [0.4, 0.5) is 5.82 Å². The van der Waals surface area contributed by atoms with Gasteiger partial charge in [-0.2, -0.15) is 0 Å². The quantitative estimate of drug-likeness (QED) is 0.791. The predicted octanol–water partition coefficient (Wildman–Crippen LogP) is 1.46. The van der Waals surface area contributed by atoms with Crippen LogP contribution in [0.2, 0.25) is 0 Å². The molecule has 1 heterocycles. The van der Waals surface area contributed by atoms with E-state index in [1.54, 1.807) is 6.33 Å². The summed E-state index contributed by atoms with van der Waals surface area (Å²) in [4.78, 5) is 10.8. The molecule has 4 heteroatoms. The van der Waals surface area contributed by atoms with Gasteiger partial charge in [-0.3, -0.25) is 0 Å². The number of hydrogen-bond acceptors (Lipinski definition) is 4. The van der Waals surface area contributed by atoms with Gasteiger partial charge >= 0.3 is 0 Å². The lowest BCUT2D eigenvalue weighted by Crippen LogP contribution is -2.32. The van der Waals surface area contributed by atoms with E-state index in [1.165, 1.54) is 0 Å². The van der Waals surface area contributed by atoms with Crippen molar-refractivity contribution in [2.75, 3.05) is 24.5 Å². The van der Waals surface area contributed by atoms with E-state index in [2.05, 4.69) is 41.7 Å². The minimum absolute atomic E-state index is 0.486. The van der Waals surface area contributed by atoms with Crippen molar-refractivity contribution in [2.24, 2.45) is 11.7 Å². The molecule has 0 aliphatic rings. The number of nitrogens with two attached hydrogens (primary N) is 1. The molecule has 1 aromatic rings. The molecule has 0 saturated heterocycles. The van der Waals surface area contributed by atoms with Crippen molar-refractivity contribution in [3.8, 4) is 0 Å². The highest BCUT2D eigenvalue weighted by atomic mass is 15.2. The van der Waals surface area contributed by atoms with Gasteiger partial charge < -0.3 is 10.6 Å². The molecule has 0 aliphatic carbocycles. The molecule has 4 nitrogen and oxygen atoms in total. The molecule has 0 aliphatic heterocycles. The highest BCUT2D eigenvalue weighted by Gasteiger charge is 2.10. The Morgan fingerprint density at radius 1 is 1.38 bits per heavy atom. The van der Waals surface area contributed by atoms with Gasteiger partial charge in [0.05, 0.1) is 0 Å². The van der Waals surface area contributed by atoms with Crippen LogP contribution >= 0.6 is 0 Å². The first-order valence-corrected chi connectivity index (χ1v) is 5.97. The van der Waals surface area contributed by atoms with Gasteiger partial charge in [-0.25, -0.2) is 9.97 Å². The number of nitrogens with zero attached hydrogens (tertiary/aromatic N) is 3. The van der Waals surface area contributed by atoms with Crippen LogP contribution in [-0.2, 0) is 6.42 Å². The van der Waals surface area contributed by atoms with Gasteiger partial charge in [-0.15, -0.1) is 0 Å². The lowest BCUT2D eigenvalue weighted by molar-refractivity contribution is 0.572. The van der Waals surface area contributed by atoms with Gasteiger partial charge in [0.1, 0.15) is 12.1 Å². The standard InChI is InChI=1S/C12H22N4/c1-4-11-6-12(15-9-14-11)16(5-2)8-10(3)7-13/h6,9-10H,4-5,7-8,13H2,1-3H3. The van der Waals surface area contributed by atoms with E-state index in [4.69, 9.17) is 5.73 Å². The molecule has 1 aromatic heterocycles. The predicted molar refractivity (Wildman–Crippen MR) is 67.5 cm³/mol. The second kappa shape index (κ2) is 6.43. The summed E-state index contributed by atoms with van der Waals surface area (Å²) in [5.41, 5.74) is 6.74. The Morgan fingerprint density at radius 2 is 2.12 bits per heavy atom. The van der Waals surface area contributed by atoms with Crippen molar-refractivity contribution in [1.29, 1.82) is 0 Å². The lowest BCUT2D eigenvalue weighted by Gasteiger charge is -2.25. The van der Waals surface area contributed by atoms with Crippen molar-refractivity contribution in [2.45, 2.75) is 27.2 Å². The maximum Gasteiger partial charge on any atom is 0.132 e. The van der Waals surface area contributed by atoms with E-state index in [-0.39, 0.29) is 0 Å². The molecule has 1 atom stereocenters. The summed E-state index contributed by atoms with van der Waals surface area (Å²) in [7, 11) is 0. The summed E-state index contributed by atoms with van der Waals surface area (Å²) in [6.07, 6.45) is 2.59. The number of rotatable bonds is 6. The van der Waals surface area contributed by atoms with Crippen molar-refractivity contribution in [1.82, 2.24) is 9.97 Å². The fourth-order valence-electron chi connectivity index (χ4n) is 1.59. The van der Waals surface area contributed by atoms with Crippen LogP contribution in [0, 0.1) is 5.92 Å². The van der Waals surface area contributed by atoms with Crippen molar-refractivity contribution in [3.63, 3.8) is 0 Å². The van der Waals surface area contributed by atoms with Crippen LogP contribution in [0.25, 0.3) is 0 Å². The van der Waals surface area contributed by atoms with E-state index >= 15 is 0 Å². The van der Waals surface area contributed by atoms with Gasteiger partial charge in [0.2, 0.25) is 0 Å². The van der Waals surface area contributed by atoms with Gasteiger partial charge in [0.25, 0.3) is 0 Å². The first-order chi connectivity index (χ1) is 7.71. The molecule has 90 valence electrons. The molecule has 0 amide bonds. The van der Waals surface area contributed by atoms with E-state index in [0.717, 1.165) is 31.0 Å². The molecule has 0 radical (unpaired) electrons. The molecule has 0 spiro atoms. The van der Waals surface area contributed by atoms with Crippen molar-refractivity contribution in [3.05, 3.63) is 18.1 Å². The third-order valence-electron chi connectivity index (χ3n) is 2.71. The van der Waals surface area contributed by atoms with Gasteiger partial charge in [-0.1, -0.05) is 13.8 Å². The third kappa shape index (κ3) is 3.45. The van der Waals surface area contributed by atoms with Gasteiger partial charge in [0.15, 0.2) is 0 Å². The Kier molecular flexibility index (Phi) is 5.19.